The highest BCUT2D eigenvalue weighted by molar-refractivity contribution is 5.96. The zero-order valence-electron chi connectivity index (χ0n) is 35.5. The van der Waals surface area contributed by atoms with E-state index in [0.717, 1.165) is 16.7 Å². The van der Waals surface area contributed by atoms with Crippen molar-refractivity contribution >= 4 is 35.7 Å². The number of amides is 5. The molecule has 15 nitrogen and oxygen atoms in total. The number of hydrogen-bond acceptors (Lipinski definition) is 9. The van der Waals surface area contributed by atoms with Crippen LogP contribution in [0.1, 0.15) is 62.4 Å². The van der Waals surface area contributed by atoms with Crippen LogP contribution in [0.2, 0.25) is 0 Å². The first-order chi connectivity index (χ1) is 29.2. The van der Waals surface area contributed by atoms with Gasteiger partial charge >= 0.3 is 12.1 Å². The van der Waals surface area contributed by atoms with E-state index < -0.39 is 71.5 Å². The maximum atomic E-state index is 14.4. The summed E-state index contributed by atoms with van der Waals surface area (Å²) in [7, 11) is 3.02. The molecule has 4 N–H and O–H groups in total. The van der Waals surface area contributed by atoms with Gasteiger partial charge in [-0.3, -0.25) is 19.2 Å². The molecule has 0 radical (unpaired) electrons. The molecule has 15 heteroatoms. The Kier molecular flexibility index (Phi) is 16.2. The standard InChI is InChI=1S/C46H57N7O8/c1-46(2,3)61-45(59)51-37(28-34-29-47-30-52(34)4)43(57)53-25-15-22-39(53)42(56)48-35(24-23-31-16-9-6-10-17-31)40(54)49-36(26-32-18-11-7-12-19-32)41(55)50-38(44(58)60-5)27-33-20-13-8-14-21-33/h6-14,16-21,29-30,35-39H,15,22-28H2,1-5H3,(H,48,56)(H,49,54)(H,50,55)(H,51,59)/t35-,36-,37-,38+,39+/m0/s1. The lowest BCUT2D eigenvalue weighted by atomic mass is 10.0. The molecule has 1 aromatic heterocycles. The Morgan fingerprint density at radius 3 is 1.84 bits per heavy atom. The molecule has 5 rings (SSSR count). The number of ether oxygens (including phenoxy) is 2. The quantitative estimate of drug-likeness (QED) is 0.109. The van der Waals surface area contributed by atoms with Crippen molar-refractivity contribution in [2.45, 2.75) is 102 Å². The Morgan fingerprint density at radius 2 is 1.28 bits per heavy atom. The van der Waals surface area contributed by atoms with Crippen molar-refractivity contribution in [3.63, 3.8) is 0 Å². The number of imidazole rings is 1. The maximum absolute atomic E-state index is 14.4. The number of aromatic nitrogens is 2. The van der Waals surface area contributed by atoms with Crippen molar-refractivity contribution in [2.75, 3.05) is 13.7 Å². The first-order valence-corrected chi connectivity index (χ1v) is 20.6. The van der Waals surface area contributed by atoms with E-state index >= 15 is 0 Å². The highest BCUT2D eigenvalue weighted by Gasteiger charge is 2.40. The molecule has 1 aliphatic rings. The Balaban J connectivity index is 1.37. The molecular formula is C46H57N7O8. The fourth-order valence-corrected chi connectivity index (χ4v) is 7.23. The molecule has 61 heavy (non-hydrogen) atoms. The lowest BCUT2D eigenvalue weighted by Gasteiger charge is -2.31. The van der Waals surface area contributed by atoms with Crippen LogP contribution in [0.5, 0.6) is 0 Å². The van der Waals surface area contributed by atoms with Crippen molar-refractivity contribution in [1.82, 2.24) is 35.7 Å². The van der Waals surface area contributed by atoms with Crippen LogP contribution >= 0.6 is 0 Å². The molecule has 1 aliphatic heterocycles. The smallest absolute Gasteiger partial charge is 0.408 e. The number of nitrogens with one attached hydrogen (secondary N) is 4. The van der Waals surface area contributed by atoms with E-state index in [4.69, 9.17) is 9.47 Å². The molecule has 0 aliphatic carbocycles. The summed E-state index contributed by atoms with van der Waals surface area (Å²) < 4.78 is 12.3. The average molecular weight is 836 g/mol. The highest BCUT2D eigenvalue weighted by atomic mass is 16.6. The third kappa shape index (κ3) is 13.8. The van der Waals surface area contributed by atoms with Crippen molar-refractivity contribution in [3.05, 3.63) is 126 Å². The van der Waals surface area contributed by atoms with E-state index in [1.54, 1.807) is 44.9 Å². The fourth-order valence-electron chi connectivity index (χ4n) is 7.23. The lowest BCUT2D eigenvalue weighted by molar-refractivity contribution is -0.145. The van der Waals surface area contributed by atoms with Gasteiger partial charge in [-0.25, -0.2) is 14.6 Å². The number of esters is 1. The number of carbonyl (C=O) groups excluding carboxylic acids is 6. The number of alkyl carbamates (subject to hydrolysis) is 1. The van der Waals surface area contributed by atoms with Gasteiger partial charge in [0, 0.05) is 44.7 Å². The molecule has 0 spiro atoms. The Bertz CT molecular complexity index is 2090. The van der Waals surface area contributed by atoms with Gasteiger partial charge in [-0.05, 0) is 63.1 Å². The number of nitrogens with zero attached hydrogens (tertiary/aromatic N) is 3. The monoisotopic (exact) mass is 835 g/mol. The number of benzene rings is 3. The molecule has 1 fully saturated rings. The molecule has 0 saturated carbocycles. The van der Waals surface area contributed by atoms with Gasteiger partial charge in [0.25, 0.3) is 0 Å². The van der Waals surface area contributed by atoms with E-state index in [-0.39, 0.29) is 32.2 Å². The van der Waals surface area contributed by atoms with Crippen LogP contribution in [0.4, 0.5) is 4.79 Å². The summed E-state index contributed by atoms with van der Waals surface area (Å²) in [6.07, 6.45) is 4.17. The molecule has 2 heterocycles. The second-order valence-electron chi connectivity index (χ2n) is 16.2. The second kappa shape index (κ2) is 21.7. The Morgan fingerprint density at radius 1 is 0.721 bits per heavy atom. The van der Waals surface area contributed by atoms with Gasteiger partial charge in [-0.1, -0.05) is 91.0 Å². The fraction of sp³-hybridized carbons (Fsp3) is 0.413. The van der Waals surface area contributed by atoms with E-state index in [1.807, 2.05) is 91.0 Å². The summed E-state index contributed by atoms with van der Waals surface area (Å²) in [6.45, 7) is 5.41. The van der Waals surface area contributed by atoms with Gasteiger partial charge in [0.05, 0.1) is 13.4 Å². The summed E-state index contributed by atoms with van der Waals surface area (Å²) in [5.74, 6) is -2.90. The molecule has 5 amide bonds. The normalized spacial score (nSPS) is 15.7. The third-order valence-electron chi connectivity index (χ3n) is 10.4. The average Bonchev–Trinajstić information content (AvgIpc) is 3.90. The molecule has 0 unspecified atom stereocenters. The Hall–Kier alpha value is -6.51. The van der Waals surface area contributed by atoms with Crippen molar-refractivity contribution in [3.8, 4) is 0 Å². The minimum atomic E-state index is -1.15. The van der Waals surface area contributed by atoms with Gasteiger partial charge in [0.15, 0.2) is 0 Å². The molecule has 324 valence electrons. The number of rotatable bonds is 18. The first-order valence-electron chi connectivity index (χ1n) is 20.6. The van der Waals surface area contributed by atoms with E-state index in [1.165, 1.54) is 12.0 Å². The molecule has 5 atom stereocenters. The van der Waals surface area contributed by atoms with E-state index in [0.29, 0.717) is 25.0 Å². The van der Waals surface area contributed by atoms with Gasteiger partial charge < -0.3 is 40.2 Å². The summed E-state index contributed by atoms with van der Waals surface area (Å²) >= 11 is 0. The third-order valence-corrected chi connectivity index (χ3v) is 10.4. The van der Waals surface area contributed by atoms with E-state index in [2.05, 4.69) is 26.3 Å². The van der Waals surface area contributed by atoms with Crippen LogP contribution in [0.3, 0.4) is 0 Å². The summed E-state index contributed by atoms with van der Waals surface area (Å²) in [5, 5.41) is 11.3. The number of likely N-dealkylation sites (tertiary alicyclic amines) is 1. The maximum Gasteiger partial charge on any atom is 0.408 e. The van der Waals surface area contributed by atoms with Crippen molar-refractivity contribution in [2.24, 2.45) is 7.05 Å². The predicted molar refractivity (Wildman–Crippen MR) is 228 cm³/mol. The minimum absolute atomic E-state index is 0.0879. The van der Waals surface area contributed by atoms with Crippen LogP contribution in [-0.2, 0) is 66.2 Å². The number of carbonyl (C=O) groups is 6. The number of aryl methyl sites for hydroxylation is 2. The Labute approximate surface area is 357 Å². The zero-order valence-corrected chi connectivity index (χ0v) is 35.5. The van der Waals surface area contributed by atoms with E-state index in [9.17, 15) is 28.8 Å². The lowest BCUT2D eigenvalue weighted by Crippen LogP contribution is -2.59. The number of hydrogen-bond donors (Lipinski definition) is 4. The zero-order chi connectivity index (χ0) is 43.9. The SMILES string of the molecule is COC(=O)[C@@H](Cc1ccccc1)NC(=O)[C@H](Cc1ccccc1)NC(=O)[C@H](CCc1ccccc1)NC(=O)[C@H]1CCCN1C(=O)[C@H](Cc1cncn1C)NC(=O)OC(C)(C)C. The van der Waals surface area contributed by atoms with Gasteiger partial charge in [-0.2, -0.15) is 0 Å². The predicted octanol–water partition coefficient (Wildman–Crippen LogP) is 3.59. The van der Waals surface area contributed by atoms with Crippen molar-refractivity contribution < 1.29 is 38.2 Å². The second-order valence-corrected chi connectivity index (χ2v) is 16.2. The van der Waals surface area contributed by atoms with Crippen LogP contribution in [0.25, 0.3) is 0 Å². The van der Waals surface area contributed by atoms with Crippen LogP contribution in [0.15, 0.2) is 104 Å². The minimum Gasteiger partial charge on any atom is -0.467 e. The largest absolute Gasteiger partial charge is 0.467 e. The first kappa shape index (κ1) is 45.6. The van der Waals surface area contributed by atoms with Crippen molar-refractivity contribution in [1.29, 1.82) is 0 Å². The molecule has 3 aromatic carbocycles. The molecule has 4 aromatic rings. The topological polar surface area (TPSA) is 190 Å². The van der Waals surface area contributed by atoms with Crippen LogP contribution in [0, 0.1) is 0 Å². The summed E-state index contributed by atoms with van der Waals surface area (Å²) in [4.78, 5) is 88.5. The van der Waals surface area contributed by atoms with Gasteiger partial charge in [0.2, 0.25) is 23.6 Å². The van der Waals surface area contributed by atoms with Crippen LogP contribution in [-0.4, -0.2) is 99.6 Å². The molecular weight excluding hydrogens is 779 g/mol. The summed E-state index contributed by atoms with van der Waals surface area (Å²) in [5.41, 5.74) is 2.35. The highest BCUT2D eigenvalue weighted by Crippen LogP contribution is 2.21. The van der Waals surface area contributed by atoms with Crippen LogP contribution < -0.4 is 21.3 Å². The van der Waals surface area contributed by atoms with Gasteiger partial charge in [-0.15, -0.1) is 0 Å². The molecule has 1 saturated heterocycles. The van der Waals surface area contributed by atoms with Gasteiger partial charge in [0.1, 0.15) is 35.8 Å². The molecule has 0 bridgehead atoms. The summed E-state index contributed by atoms with van der Waals surface area (Å²) in [6, 6.07) is 22.4. The number of methoxy groups -OCH3 is 1.